The van der Waals surface area contributed by atoms with Crippen LogP contribution in [0.25, 0.3) is 11.3 Å². The molecule has 0 aliphatic heterocycles. The first-order chi connectivity index (χ1) is 9.86. The van der Waals surface area contributed by atoms with Crippen molar-refractivity contribution >= 4 is 0 Å². The molecule has 2 rings (SSSR count). The monoisotopic (exact) mass is 298 g/mol. The van der Waals surface area contributed by atoms with Crippen LogP contribution in [0.2, 0.25) is 0 Å². The van der Waals surface area contributed by atoms with Crippen molar-refractivity contribution < 1.29 is 22.0 Å². The van der Waals surface area contributed by atoms with E-state index in [1.54, 1.807) is 6.07 Å². The summed E-state index contributed by atoms with van der Waals surface area (Å²) in [7, 11) is 0. The number of hydrogen-bond donors (Lipinski definition) is 0. The summed E-state index contributed by atoms with van der Waals surface area (Å²) in [6.07, 6.45) is -4.32. The topological polar surface area (TPSA) is 36.7 Å². The number of alkyl halides is 3. The second kappa shape index (κ2) is 5.48. The molecule has 0 saturated carbocycles. The van der Waals surface area contributed by atoms with Crippen LogP contribution >= 0.6 is 0 Å². The quantitative estimate of drug-likeness (QED) is 0.782. The van der Waals surface area contributed by atoms with Crippen molar-refractivity contribution in [3.8, 4) is 17.3 Å². The van der Waals surface area contributed by atoms with Crippen molar-refractivity contribution in [1.82, 2.24) is 4.98 Å². The largest absolute Gasteiger partial charge is 0.418 e. The van der Waals surface area contributed by atoms with Crippen LogP contribution in [0, 0.1) is 23.0 Å². The van der Waals surface area contributed by atoms with Crippen molar-refractivity contribution in [2.45, 2.75) is 12.6 Å². The van der Waals surface area contributed by atoms with Crippen molar-refractivity contribution in [3.63, 3.8) is 0 Å². The number of halogens is 5. The lowest BCUT2D eigenvalue weighted by Gasteiger charge is -2.15. The zero-order valence-electron chi connectivity index (χ0n) is 10.4. The van der Waals surface area contributed by atoms with Crippen LogP contribution < -0.4 is 0 Å². The number of pyridine rings is 1. The van der Waals surface area contributed by atoms with Crippen LogP contribution in [0.4, 0.5) is 22.0 Å². The van der Waals surface area contributed by atoms with Crippen LogP contribution in [-0.2, 0) is 12.6 Å². The predicted octanol–water partition coefficient (Wildman–Crippen LogP) is 4.11. The average Bonchev–Trinajstić information content (AvgIpc) is 2.41. The molecule has 7 heteroatoms. The first-order valence-corrected chi connectivity index (χ1v) is 5.72. The minimum atomic E-state index is -4.84. The molecule has 21 heavy (non-hydrogen) atoms. The van der Waals surface area contributed by atoms with Crippen LogP contribution in [0.15, 0.2) is 30.5 Å². The lowest BCUT2D eigenvalue weighted by molar-refractivity contribution is -0.137. The van der Waals surface area contributed by atoms with Crippen molar-refractivity contribution in [2.24, 2.45) is 0 Å². The standard InChI is InChI=1S/C14H7F5N2/c15-10-3-1-2-9(12(10)16)13-11(14(17,18)19)8(4-6-20)5-7-21-13/h1-3,5,7H,4H2. The summed E-state index contributed by atoms with van der Waals surface area (Å²) in [4.78, 5) is 3.52. The van der Waals surface area contributed by atoms with Gasteiger partial charge in [0, 0.05) is 11.8 Å². The second-order valence-corrected chi connectivity index (χ2v) is 4.13. The molecule has 2 aromatic rings. The molecule has 1 aromatic heterocycles. The summed E-state index contributed by atoms with van der Waals surface area (Å²) in [6, 6.07) is 5.53. The maximum atomic E-state index is 13.7. The van der Waals surface area contributed by atoms with Gasteiger partial charge in [-0.1, -0.05) is 6.07 Å². The van der Waals surface area contributed by atoms with Gasteiger partial charge in [-0.05, 0) is 23.8 Å². The number of aromatic nitrogens is 1. The summed E-state index contributed by atoms with van der Waals surface area (Å²) in [5, 5.41) is 8.60. The Hall–Kier alpha value is -2.49. The lowest BCUT2D eigenvalue weighted by atomic mass is 9.98. The third-order valence-corrected chi connectivity index (χ3v) is 2.80. The zero-order chi connectivity index (χ0) is 15.6. The number of hydrogen-bond acceptors (Lipinski definition) is 2. The molecule has 0 saturated heterocycles. The Bertz CT molecular complexity index is 716. The fourth-order valence-electron chi connectivity index (χ4n) is 1.94. The molecule has 0 fully saturated rings. The third-order valence-electron chi connectivity index (χ3n) is 2.80. The Balaban J connectivity index is 2.78. The molecule has 1 aromatic carbocycles. The van der Waals surface area contributed by atoms with Crippen LogP contribution in [-0.4, -0.2) is 4.98 Å². The van der Waals surface area contributed by atoms with Gasteiger partial charge in [0.05, 0.1) is 23.7 Å². The molecule has 2 nitrogen and oxygen atoms in total. The number of nitriles is 1. The Labute approximate surface area is 116 Å². The summed E-state index contributed by atoms with van der Waals surface area (Å²) < 4.78 is 66.5. The maximum absolute atomic E-state index is 13.7. The van der Waals surface area contributed by atoms with E-state index in [1.807, 2.05) is 0 Å². The Morgan fingerprint density at radius 3 is 2.48 bits per heavy atom. The normalized spacial score (nSPS) is 11.2. The fourth-order valence-corrected chi connectivity index (χ4v) is 1.94. The molecule has 0 N–H and O–H groups in total. The van der Waals surface area contributed by atoms with E-state index in [2.05, 4.69) is 4.98 Å². The predicted molar refractivity (Wildman–Crippen MR) is 63.9 cm³/mol. The highest BCUT2D eigenvalue weighted by Gasteiger charge is 2.37. The fraction of sp³-hybridized carbons (Fsp3) is 0.143. The van der Waals surface area contributed by atoms with Gasteiger partial charge in [0.15, 0.2) is 11.6 Å². The van der Waals surface area contributed by atoms with Gasteiger partial charge in [0.2, 0.25) is 0 Å². The van der Waals surface area contributed by atoms with Gasteiger partial charge in [0.1, 0.15) is 0 Å². The maximum Gasteiger partial charge on any atom is 0.418 e. The Kier molecular flexibility index (Phi) is 3.89. The molecule has 0 bridgehead atoms. The highest BCUT2D eigenvalue weighted by molar-refractivity contribution is 5.66. The van der Waals surface area contributed by atoms with E-state index in [0.29, 0.717) is 0 Å². The first-order valence-electron chi connectivity index (χ1n) is 5.72. The van der Waals surface area contributed by atoms with E-state index in [0.717, 1.165) is 30.5 Å². The smallest absolute Gasteiger partial charge is 0.255 e. The molecule has 0 radical (unpaired) electrons. The third kappa shape index (κ3) is 2.84. The molecule has 0 unspecified atom stereocenters. The minimum Gasteiger partial charge on any atom is -0.255 e. The molecule has 0 spiro atoms. The highest BCUT2D eigenvalue weighted by Crippen LogP contribution is 2.39. The molecule has 0 atom stereocenters. The summed E-state index contributed by atoms with van der Waals surface area (Å²) in [5.74, 6) is -2.68. The first kappa shape index (κ1) is 14.9. The van der Waals surface area contributed by atoms with Gasteiger partial charge in [-0.2, -0.15) is 18.4 Å². The molecule has 0 aliphatic carbocycles. The van der Waals surface area contributed by atoms with E-state index < -0.39 is 41.1 Å². The number of nitrogens with zero attached hydrogens (tertiary/aromatic N) is 2. The minimum absolute atomic E-state index is 0.335. The van der Waals surface area contributed by atoms with Gasteiger partial charge < -0.3 is 0 Å². The van der Waals surface area contributed by atoms with Gasteiger partial charge in [-0.25, -0.2) is 8.78 Å². The van der Waals surface area contributed by atoms with Gasteiger partial charge in [-0.15, -0.1) is 0 Å². The number of benzene rings is 1. The van der Waals surface area contributed by atoms with E-state index in [4.69, 9.17) is 5.26 Å². The van der Waals surface area contributed by atoms with Crippen molar-refractivity contribution in [1.29, 1.82) is 5.26 Å². The highest BCUT2D eigenvalue weighted by atomic mass is 19.4. The van der Waals surface area contributed by atoms with E-state index in [1.165, 1.54) is 0 Å². The Morgan fingerprint density at radius 2 is 1.86 bits per heavy atom. The van der Waals surface area contributed by atoms with E-state index in [-0.39, 0.29) is 5.56 Å². The zero-order valence-corrected chi connectivity index (χ0v) is 10.4. The van der Waals surface area contributed by atoms with Crippen LogP contribution in [0.5, 0.6) is 0 Å². The Morgan fingerprint density at radius 1 is 1.14 bits per heavy atom. The average molecular weight is 298 g/mol. The molecule has 0 amide bonds. The van der Waals surface area contributed by atoms with Gasteiger partial charge in [0.25, 0.3) is 0 Å². The van der Waals surface area contributed by atoms with Crippen LogP contribution in [0.1, 0.15) is 11.1 Å². The van der Waals surface area contributed by atoms with Crippen LogP contribution in [0.3, 0.4) is 0 Å². The lowest BCUT2D eigenvalue weighted by Crippen LogP contribution is -2.13. The summed E-state index contributed by atoms with van der Waals surface area (Å²) in [6.45, 7) is 0. The van der Waals surface area contributed by atoms with E-state index >= 15 is 0 Å². The molecule has 108 valence electrons. The molecule has 0 aliphatic rings. The van der Waals surface area contributed by atoms with Gasteiger partial charge >= 0.3 is 6.18 Å². The summed E-state index contributed by atoms with van der Waals surface area (Å²) in [5.41, 5.74) is -2.89. The van der Waals surface area contributed by atoms with E-state index in [9.17, 15) is 22.0 Å². The SMILES string of the molecule is N#CCc1ccnc(-c2cccc(F)c2F)c1C(F)(F)F. The number of rotatable bonds is 2. The summed E-state index contributed by atoms with van der Waals surface area (Å²) >= 11 is 0. The molecular weight excluding hydrogens is 291 g/mol. The van der Waals surface area contributed by atoms with Gasteiger partial charge in [-0.3, -0.25) is 4.98 Å². The molecule has 1 heterocycles. The molecular formula is C14H7F5N2. The van der Waals surface area contributed by atoms with Crippen molar-refractivity contribution in [3.05, 3.63) is 53.2 Å². The second-order valence-electron chi connectivity index (χ2n) is 4.13. The van der Waals surface area contributed by atoms with Crippen molar-refractivity contribution in [2.75, 3.05) is 0 Å².